The van der Waals surface area contributed by atoms with Crippen molar-refractivity contribution < 1.29 is 19.1 Å². The molecule has 1 heterocycles. The van der Waals surface area contributed by atoms with E-state index in [1.165, 1.54) is 14.2 Å². The first-order valence-electron chi connectivity index (χ1n) is 7.07. The smallest absolute Gasteiger partial charge is 0.354 e. The van der Waals surface area contributed by atoms with Gasteiger partial charge in [-0.1, -0.05) is 12.1 Å². The van der Waals surface area contributed by atoms with Crippen molar-refractivity contribution in [3.63, 3.8) is 0 Å². The molecule has 8 heteroatoms. The van der Waals surface area contributed by atoms with Gasteiger partial charge >= 0.3 is 11.9 Å². The van der Waals surface area contributed by atoms with Crippen molar-refractivity contribution in [2.24, 2.45) is 7.05 Å². The Labute approximate surface area is 139 Å². The molecule has 24 heavy (non-hydrogen) atoms. The van der Waals surface area contributed by atoms with Gasteiger partial charge in [-0.05, 0) is 18.6 Å². The summed E-state index contributed by atoms with van der Waals surface area (Å²) in [5, 5.41) is 10.9. The number of esters is 2. The number of carbonyl (C=O) groups is 2. The maximum atomic E-state index is 11.9. The van der Waals surface area contributed by atoms with E-state index in [0.717, 1.165) is 17.2 Å². The lowest BCUT2D eigenvalue weighted by atomic mass is 10.1. The van der Waals surface area contributed by atoms with Gasteiger partial charge in [0.05, 0.1) is 20.3 Å². The molecule has 2 aromatic rings. The Bertz CT molecular complexity index is 795. The van der Waals surface area contributed by atoms with Crippen molar-refractivity contribution in [3.8, 4) is 11.4 Å². The molecule has 0 atom stereocenters. The summed E-state index contributed by atoms with van der Waals surface area (Å²) in [6.07, 6.45) is 2.65. The second kappa shape index (κ2) is 7.40. The third-order valence-electron chi connectivity index (χ3n) is 3.42. The van der Waals surface area contributed by atoms with Gasteiger partial charge in [-0.15, -0.1) is 10.2 Å². The standard InChI is InChI=1S/C16H18N4O4/c1-10-11(15-19-17-9-20(15)2)6-5-7-12(10)18-13(16(22)24-4)8-14(21)23-3/h5-9,18H,1-4H3/b13-8+. The molecule has 0 radical (unpaired) electrons. The fourth-order valence-corrected chi connectivity index (χ4v) is 2.12. The van der Waals surface area contributed by atoms with Crippen LogP contribution in [0.4, 0.5) is 5.69 Å². The average Bonchev–Trinajstić information content (AvgIpc) is 3.00. The van der Waals surface area contributed by atoms with Crippen LogP contribution in [0.2, 0.25) is 0 Å². The molecule has 0 aliphatic rings. The van der Waals surface area contributed by atoms with Crippen molar-refractivity contribution in [2.75, 3.05) is 19.5 Å². The zero-order chi connectivity index (χ0) is 17.7. The number of anilines is 1. The number of nitrogens with zero attached hydrogens (tertiary/aromatic N) is 3. The first-order chi connectivity index (χ1) is 11.5. The van der Waals surface area contributed by atoms with Gasteiger partial charge in [0.2, 0.25) is 0 Å². The lowest BCUT2D eigenvalue weighted by Gasteiger charge is -2.14. The fraction of sp³-hybridized carbons (Fsp3) is 0.250. The first-order valence-corrected chi connectivity index (χ1v) is 7.07. The highest BCUT2D eigenvalue weighted by molar-refractivity contribution is 5.99. The molecule has 0 unspecified atom stereocenters. The monoisotopic (exact) mass is 330 g/mol. The molecule has 8 nitrogen and oxygen atoms in total. The maximum absolute atomic E-state index is 11.9. The second-order valence-electron chi connectivity index (χ2n) is 4.94. The van der Waals surface area contributed by atoms with E-state index in [4.69, 9.17) is 0 Å². The molecule has 126 valence electrons. The topological polar surface area (TPSA) is 95.3 Å². The van der Waals surface area contributed by atoms with Crippen LogP contribution < -0.4 is 5.32 Å². The van der Waals surface area contributed by atoms with Crippen LogP contribution >= 0.6 is 0 Å². The molecule has 0 amide bonds. The van der Waals surface area contributed by atoms with E-state index in [-0.39, 0.29) is 5.70 Å². The first kappa shape index (κ1) is 17.2. The van der Waals surface area contributed by atoms with Crippen LogP contribution in [0.5, 0.6) is 0 Å². The Kier molecular flexibility index (Phi) is 5.31. The van der Waals surface area contributed by atoms with E-state index in [0.29, 0.717) is 11.5 Å². The molecule has 0 aliphatic heterocycles. The van der Waals surface area contributed by atoms with Crippen LogP contribution in [-0.2, 0) is 26.1 Å². The van der Waals surface area contributed by atoms with Gasteiger partial charge in [0.25, 0.3) is 0 Å². The van der Waals surface area contributed by atoms with E-state index in [1.54, 1.807) is 17.0 Å². The Morgan fingerprint density at radius 1 is 1.25 bits per heavy atom. The minimum atomic E-state index is -0.677. The number of nitrogens with one attached hydrogen (secondary N) is 1. The lowest BCUT2D eigenvalue weighted by Crippen LogP contribution is -2.16. The minimum Gasteiger partial charge on any atom is -0.466 e. The second-order valence-corrected chi connectivity index (χ2v) is 4.94. The molecule has 1 N–H and O–H groups in total. The number of ether oxygens (including phenoxy) is 2. The zero-order valence-electron chi connectivity index (χ0n) is 13.9. The zero-order valence-corrected chi connectivity index (χ0v) is 13.9. The summed E-state index contributed by atoms with van der Waals surface area (Å²) >= 11 is 0. The lowest BCUT2D eigenvalue weighted by molar-refractivity contribution is -0.138. The Hall–Kier alpha value is -3.16. The normalized spacial score (nSPS) is 11.1. The van der Waals surface area contributed by atoms with Crippen LogP contribution in [0, 0.1) is 6.92 Å². The van der Waals surface area contributed by atoms with E-state index in [1.807, 2.05) is 26.1 Å². The molecular formula is C16H18N4O4. The largest absolute Gasteiger partial charge is 0.466 e. The fourth-order valence-electron chi connectivity index (χ4n) is 2.12. The van der Waals surface area contributed by atoms with Crippen molar-refractivity contribution in [3.05, 3.63) is 41.9 Å². The van der Waals surface area contributed by atoms with Crippen LogP contribution in [0.1, 0.15) is 5.56 Å². The summed E-state index contributed by atoms with van der Waals surface area (Å²) in [5.74, 6) is -0.651. The molecule has 0 fully saturated rings. The molecule has 2 rings (SSSR count). The van der Waals surface area contributed by atoms with Crippen molar-refractivity contribution in [2.45, 2.75) is 6.92 Å². The summed E-state index contributed by atoms with van der Waals surface area (Å²) < 4.78 is 11.0. The third kappa shape index (κ3) is 3.60. The van der Waals surface area contributed by atoms with Crippen LogP contribution in [0.15, 0.2) is 36.3 Å². The highest BCUT2D eigenvalue weighted by Crippen LogP contribution is 2.27. The maximum Gasteiger partial charge on any atom is 0.354 e. The Morgan fingerprint density at radius 2 is 2.00 bits per heavy atom. The van der Waals surface area contributed by atoms with Crippen molar-refractivity contribution >= 4 is 17.6 Å². The summed E-state index contributed by atoms with van der Waals surface area (Å²) in [4.78, 5) is 23.3. The molecule has 0 saturated heterocycles. The number of aromatic nitrogens is 3. The summed E-state index contributed by atoms with van der Waals surface area (Å²) in [7, 11) is 4.30. The Balaban J connectivity index is 2.42. The summed E-state index contributed by atoms with van der Waals surface area (Å²) in [5.41, 5.74) is 2.30. The Morgan fingerprint density at radius 3 is 2.58 bits per heavy atom. The highest BCUT2D eigenvalue weighted by Gasteiger charge is 2.16. The number of methoxy groups -OCH3 is 2. The van der Waals surface area contributed by atoms with Gasteiger partial charge in [-0.25, -0.2) is 9.59 Å². The van der Waals surface area contributed by atoms with Crippen LogP contribution in [0.3, 0.4) is 0 Å². The molecular weight excluding hydrogens is 312 g/mol. The van der Waals surface area contributed by atoms with Gasteiger partial charge in [0.15, 0.2) is 5.82 Å². The third-order valence-corrected chi connectivity index (χ3v) is 3.42. The molecule has 1 aromatic carbocycles. The van der Waals surface area contributed by atoms with Gasteiger partial charge in [-0.2, -0.15) is 0 Å². The predicted octanol–water partition coefficient (Wildman–Crippen LogP) is 1.43. The molecule has 0 spiro atoms. The number of benzene rings is 1. The summed E-state index contributed by atoms with van der Waals surface area (Å²) in [6, 6.07) is 5.49. The van der Waals surface area contributed by atoms with E-state index in [9.17, 15) is 9.59 Å². The van der Waals surface area contributed by atoms with Gasteiger partial charge in [0, 0.05) is 18.3 Å². The number of hydrogen-bond acceptors (Lipinski definition) is 7. The number of hydrogen-bond donors (Lipinski definition) is 1. The van der Waals surface area contributed by atoms with Gasteiger partial charge in [0.1, 0.15) is 12.0 Å². The SMILES string of the molecule is COC(=O)/C=C(/Nc1cccc(-c2nncn2C)c1C)C(=O)OC. The van der Waals surface area contributed by atoms with E-state index in [2.05, 4.69) is 25.0 Å². The van der Waals surface area contributed by atoms with Gasteiger partial charge < -0.3 is 19.4 Å². The average molecular weight is 330 g/mol. The van der Waals surface area contributed by atoms with Gasteiger partial charge in [-0.3, -0.25) is 0 Å². The minimum absolute atomic E-state index is 0.0254. The predicted molar refractivity (Wildman–Crippen MR) is 86.9 cm³/mol. The quantitative estimate of drug-likeness (QED) is 0.654. The van der Waals surface area contributed by atoms with Crippen molar-refractivity contribution in [1.29, 1.82) is 0 Å². The van der Waals surface area contributed by atoms with Crippen LogP contribution in [0.25, 0.3) is 11.4 Å². The van der Waals surface area contributed by atoms with Crippen LogP contribution in [-0.4, -0.2) is 40.9 Å². The molecule has 1 aromatic heterocycles. The van der Waals surface area contributed by atoms with E-state index >= 15 is 0 Å². The number of rotatable bonds is 5. The highest BCUT2D eigenvalue weighted by atomic mass is 16.5. The number of carbonyl (C=O) groups excluding carboxylic acids is 2. The number of aryl methyl sites for hydroxylation is 1. The summed E-state index contributed by atoms with van der Waals surface area (Å²) in [6.45, 7) is 1.87. The molecule has 0 bridgehead atoms. The van der Waals surface area contributed by atoms with Crippen molar-refractivity contribution in [1.82, 2.24) is 14.8 Å². The van der Waals surface area contributed by atoms with E-state index < -0.39 is 11.9 Å². The molecule has 0 aliphatic carbocycles. The molecule has 0 saturated carbocycles.